The van der Waals surface area contributed by atoms with Crippen LogP contribution >= 0.6 is 0 Å². The number of carbonyl (C=O) groups is 1. The van der Waals surface area contributed by atoms with Crippen molar-refractivity contribution in [3.05, 3.63) is 93.8 Å². The molecule has 0 saturated heterocycles. The molecule has 0 bridgehead atoms. The van der Waals surface area contributed by atoms with Gasteiger partial charge < -0.3 is 9.72 Å². The minimum atomic E-state index is -4.53. The van der Waals surface area contributed by atoms with Crippen molar-refractivity contribution in [2.75, 3.05) is 6.54 Å². The molecule has 0 saturated carbocycles. The van der Waals surface area contributed by atoms with Crippen LogP contribution in [0, 0.1) is 6.92 Å². The van der Waals surface area contributed by atoms with Gasteiger partial charge in [-0.25, -0.2) is 9.67 Å². The van der Waals surface area contributed by atoms with E-state index in [0.717, 1.165) is 28.2 Å². The minimum absolute atomic E-state index is 0.0936. The number of halogens is 3. The van der Waals surface area contributed by atoms with Crippen LogP contribution in [0.3, 0.4) is 0 Å². The predicted molar refractivity (Wildman–Crippen MR) is 111 cm³/mol. The van der Waals surface area contributed by atoms with Gasteiger partial charge in [0.15, 0.2) is 5.69 Å². The highest BCUT2D eigenvalue weighted by molar-refractivity contribution is 5.92. The molecule has 3 heterocycles. The van der Waals surface area contributed by atoms with E-state index < -0.39 is 28.8 Å². The zero-order valence-corrected chi connectivity index (χ0v) is 16.9. The third-order valence-corrected chi connectivity index (χ3v) is 4.82. The van der Waals surface area contributed by atoms with Crippen molar-refractivity contribution in [2.45, 2.75) is 19.5 Å². The van der Waals surface area contributed by atoms with Crippen LogP contribution in [0.1, 0.15) is 27.4 Å². The Balaban J connectivity index is 1.53. The lowest BCUT2D eigenvalue weighted by Gasteiger charge is -2.13. The fraction of sp³-hybridized carbons (Fsp3) is 0.182. The molecule has 4 rings (SSSR count). The lowest BCUT2D eigenvalue weighted by Crippen LogP contribution is -2.33. The molecule has 10 heteroatoms. The van der Waals surface area contributed by atoms with Crippen LogP contribution in [0.2, 0.25) is 0 Å². The van der Waals surface area contributed by atoms with Gasteiger partial charge in [-0.05, 0) is 37.3 Å². The van der Waals surface area contributed by atoms with E-state index in [4.69, 9.17) is 0 Å². The maximum Gasteiger partial charge on any atom is 0.416 e. The molecule has 0 aliphatic rings. The highest BCUT2D eigenvalue weighted by Crippen LogP contribution is 2.30. The molecule has 32 heavy (non-hydrogen) atoms. The van der Waals surface area contributed by atoms with Gasteiger partial charge >= 0.3 is 6.18 Å². The molecule has 0 spiro atoms. The summed E-state index contributed by atoms with van der Waals surface area (Å²) in [6, 6.07) is 11.3. The van der Waals surface area contributed by atoms with Crippen LogP contribution < -0.4 is 10.7 Å². The maximum absolute atomic E-state index is 13.1. The van der Waals surface area contributed by atoms with E-state index >= 15 is 0 Å². The Kier molecular flexibility index (Phi) is 5.52. The lowest BCUT2D eigenvalue weighted by atomic mass is 10.2. The van der Waals surface area contributed by atoms with Crippen molar-refractivity contribution in [1.82, 2.24) is 24.5 Å². The number of nitrogens with one attached hydrogen (secondary N) is 1. The number of alkyl halides is 3. The normalized spacial score (nSPS) is 11.6. The Morgan fingerprint density at radius 2 is 1.94 bits per heavy atom. The molecule has 3 aromatic heterocycles. The molecule has 1 amide bonds. The predicted octanol–water partition coefficient (Wildman–Crippen LogP) is 3.18. The molecule has 0 fully saturated rings. The summed E-state index contributed by atoms with van der Waals surface area (Å²) in [6.07, 6.45) is -0.398. The first-order chi connectivity index (χ1) is 15.2. The van der Waals surface area contributed by atoms with E-state index in [-0.39, 0.29) is 12.2 Å². The third-order valence-electron chi connectivity index (χ3n) is 4.82. The van der Waals surface area contributed by atoms with Crippen molar-refractivity contribution in [1.29, 1.82) is 0 Å². The van der Waals surface area contributed by atoms with E-state index in [9.17, 15) is 22.8 Å². The number of rotatable bonds is 5. The van der Waals surface area contributed by atoms with Crippen LogP contribution in [0.25, 0.3) is 11.3 Å². The van der Waals surface area contributed by atoms with Crippen LogP contribution in [0.4, 0.5) is 13.2 Å². The number of pyridine rings is 1. The number of carbonyl (C=O) groups excluding carboxylic acids is 1. The second-order valence-corrected chi connectivity index (χ2v) is 7.16. The average molecular weight is 441 g/mol. The molecule has 0 atom stereocenters. The largest absolute Gasteiger partial charge is 0.416 e. The van der Waals surface area contributed by atoms with Crippen molar-refractivity contribution in [3.8, 4) is 5.69 Å². The van der Waals surface area contributed by atoms with Gasteiger partial charge in [0.25, 0.3) is 5.91 Å². The molecule has 1 N–H and O–H groups in total. The molecule has 0 radical (unpaired) electrons. The van der Waals surface area contributed by atoms with Crippen molar-refractivity contribution in [2.24, 2.45) is 0 Å². The summed E-state index contributed by atoms with van der Waals surface area (Å²) in [5.41, 5.74) is 0.0618. The van der Waals surface area contributed by atoms with Gasteiger partial charge in [0.2, 0.25) is 5.43 Å². The van der Waals surface area contributed by atoms with Gasteiger partial charge in [-0.3, -0.25) is 9.59 Å². The fourth-order valence-corrected chi connectivity index (χ4v) is 3.28. The Labute approximate surface area is 180 Å². The minimum Gasteiger partial charge on any atom is -0.350 e. The second kappa shape index (κ2) is 8.29. The first-order valence-corrected chi connectivity index (χ1v) is 9.72. The molecule has 0 unspecified atom stereocenters. The Morgan fingerprint density at radius 3 is 2.69 bits per heavy atom. The maximum atomic E-state index is 13.1. The zero-order chi connectivity index (χ0) is 22.9. The van der Waals surface area contributed by atoms with Gasteiger partial charge in [-0.15, -0.1) is 0 Å². The van der Waals surface area contributed by atoms with E-state index in [1.165, 1.54) is 25.1 Å². The van der Waals surface area contributed by atoms with Crippen LogP contribution in [0.15, 0.2) is 65.7 Å². The first kappa shape index (κ1) is 21.3. The number of imidazole rings is 1. The van der Waals surface area contributed by atoms with Crippen molar-refractivity contribution in [3.63, 3.8) is 0 Å². The standard InChI is InChI=1S/C22H18F3N5O2/c1-14-11-18(31)20(28-30(14)17-6-4-5-15(12-17)22(23,24)25)21(32)26-9-8-16-13-29-10-3-2-7-19(29)27-16/h2-7,10-13H,8-9H2,1H3,(H,26,32). The number of hydrogen-bond acceptors (Lipinski definition) is 4. The van der Waals surface area contributed by atoms with Crippen LogP contribution in [-0.4, -0.2) is 31.6 Å². The molecule has 0 aliphatic heterocycles. The summed E-state index contributed by atoms with van der Waals surface area (Å²) in [7, 11) is 0. The summed E-state index contributed by atoms with van der Waals surface area (Å²) < 4.78 is 42.2. The van der Waals surface area contributed by atoms with Gasteiger partial charge in [0.1, 0.15) is 5.65 Å². The zero-order valence-electron chi connectivity index (χ0n) is 16.9. The van der Waals surface area contributed by atoms with E-state index in [1.54, 1.807) is 0 Å². The SMILES string of the molecule is Cc1cc(=O)c(C(=O)NCCc2cn3ccccc3n2)nn1-c1cccc(C(F)(F)F)c1. The van der Waals surface area contributed by atoms with Gasteiger partial charge in [0.05, 0.1) is 16.9 Å². The summed E-state index contributed by atoms with van der Waals surface area (Å²) in [4.78, 5) is 29.3. The molecular formula is C22H18F3N5O2. The first-order valence-electron chi connectivity index (χ1n) is 9.72. The highest BCUT2D eigenvalue weighted by Gasteiger charge is 2.30. The molecule has 0 aliphatic carbocycles. The number of aromatic nitrogens is 4. The second-order valence-electron chi connectivity index (χ2n) is 7.16. The van der Waals surface area contributed by atoms with E-state index in [2.05, 4.69) is 15.4 Å². The third kappa shape index (κ3) is 4.39. The Hall–Kier alpha value is -3.95. The van der Waals surface area contributed by atoms with Crippen LogP contribution in [0.5, 0.6) is 0 Å². The van der Waals surface area contributed by atoms with E-state index in [0.29, 0.717) is 12.1 Å². The topological polar surface area (TPSA) is 81.3 Å². The summed E-state index contributed by atoms with van der Waals surface area (Å²) in [5, 5.41) is 6.65. The molecule has 4 aromatic rings. The number of aryl methyl sites for hydroxylation is 1. The van der Waals surface area contributed by atoms with Crippen molar-refractivity contribution < 1.29 is 18.0 Å². The van der Waals surface area contributed by atoms with Gasteiger partial charge in [-0.2, -0.15) is 18.3 Å². The molecule has 1 aromatic carbocycles. The quantitative estimate of drug-likeness (QED) is 0.516. The number of fused-ring (bicyclic) bond motifs is 1. The fourth-order valence-electron chi connectivity index (χ4n) is 3.28. The molecule has 7 nitrogen and oxygen atoms in total. The lowest BCUT2D eigenvalue weighted by molar-refractivity contribution is -0.137. The monoisotopic (exact) mass is 441 g/mol. The number of benzene rings is 1. The smallest absolute Gasteiger partial charge is 0.350 e. The van der Waals surface area contributed by atoms with Crippen LogP contribution in [-0.2, 0) is 12.6 Å². The number of amides is 1. The summed E-state index contributed by atoms with van der Waals surface area (Å²) >= 11 is 0. The summed E-state index contributed by atoms with van der Waals surface area (Å²) in [5.74, 6) is -0.709. The number of nitrogens with zero attached hydrogens (tertiary/aromatic N) is 4. The van der Waals surface area contributed by atoms with Gasteiger partial charge in [0, 0.05) is 37.1 Å². The average Bonchev–Trinajstić information content (AvgIpc) is 3.16. The Bertz CT molecular complexity index is 1320. The molecule has 164 valence electrons. The van der Waals surface area contributed by atoms with E-state index in [1.807, 2.05) is 35.0 Å². The van der Waals surface area contributed by atoms with Crippen molar-refractivity contribution >= 4 is 11.6 Å². The van der Waals surface area contributed by atoms with Gasteiger partial charge in [-0.1, -0.05) is 12.1 Å². The molecular weight excluding hydrogens is 423 g/mol. The summed E-state index contributed by atoms with van der Waals surface area (Å²) in [6.45, 7) is 1.74. The highest BCUT2D eigenvalue weighted by atomic mass is 19.4. The number of hydrogen-bond donors (Lipinski definition) is 1. The Morgan fingerprint density at radius 1 is 1.12 bits per heavy atom.